The van der Waals surface area contributed by atoms with E-state index in [9.17, 15) is 19.6 Å². The van der Waals surface area contributed by atoms with E-state index in [4.69, 9.17) is 0 Å². The number of nitrogens with zero attached hydrogens (tertiary/aromatic N) is 2. The number of rotatable bonds is 5. The molecule has 3 rings (SSSR count). The van der Waals surface area contributed by atoms with Crippen molar-refractivity contribution in [1.29, 1.82) is 0 Å². The Hall–Kier alpha value is -3.48. The summed E-state index contributed by atoms with van der Waals surface area (Å²) in [5.41, 5.74) is 3.08. The maximum atomic E-state index is 13.6. The highest BCUT2D eigenvalue weighted by molar-refractivity contribution is 6.09. The fourth-order valence-electron chi connectivity index (χ4n) is 4.01. The molecule has 3 aromatic rings. The van der Waals surface area contributed by atoms with Gasteiger partial charge in [0.1, 0.15) is 5.69 Å². The minimum absolute atomic E-state index is 0.0593. The van der Waals surface area contributed by atoms with Crippen molar-refractivity contribution in [2.24, 2.45) is 0 Å². The summed E-state index contributed by atoms with van der Waals surface area (Å²) < 4.78 is 2.11. The molecule has 1 aromatic carbocycles. The maximum absolute atomic E-state index is 13.6. The topological polar surface area (TPSA) is 98.9 Å². The highest BCUT2D eigenvalue weighted by Crippen LogP contribution is 2.20. The van der Waals surface area contributed by atoms with Gasteiger partial charge in [-0.3, -0.25) is 19.1 Å². The molecule has 0 unspecified atom stereocenters. The van der Waals surface area contributed by atoms with Gasteiger partial charge in [-0.25, -0.2) is 4.79 Å². The van der Waals surface area contributed by atoms with Crippen molar-refractivity contribution < 1.29 is 9.52 Å². The highest BCUT2D eigenvalue weighted by atomic mass is 16.5. The molecule has 2 heterocycles. The number of pyridine rings is 1. The predicted molar refractivity (Wildman–Crippen MR) is 119 cm³/mol. The van der Waals surface area contributed by atoms with Gasteiger partial charge in [0.05, 0.1) is 6.54 Å². The zero-order valence-electron chi connectivity index (χ0n) is 18.7. The van der Waals surface area contributed by atoms with Gasteiger partial charge in [0.25, 0.3) is 5.56 Å². The smallest absolute Gasteiger partial charge is 0.329 e. The van der Waals surface area contributed by atoms with Gasteiger partial charge >= 0.3 is 5.69 Å². The number of carbonyl (C=O) groups is 1. The van der Waals surface area contributed by atoms with Crippen LogP contribution in [0.15, 0.2) is 39.9 Å². The third-order valence-electron chi connectivity index (χ3n) is 5.28. The van der Waals surface area contributed by atoms with Crippen LogP contribution in [-0.4, -0.2) is 15.3 Å². The predicted octanol–water partition coefficient (Wildman–Crippen LogP) is 2.81. The molecule has 0 bridgehead atoms. The molecule has 0 radical (unpaired) electrons. The first kappa shape index (κ1) is 22.2. The number of aromatic amines is 1. The van der Waals surface area contributed by atoms with E-state index in [0.29, 0.717) is 22.5 Å². The van der Waals surface area contributed by atoms with Crippen molar-refractivity contribution in [2.75, 3.05) is 0 Å². The molecule has 31 heavy (non-hydrogen) atoms. The number of aromatic nitrogens is 3. The quantitative estimate of drug-likeness (QED) is 0.389. The van der Waals surface area contributed by atoms with E-state index < -0.39 is 11.2 Å². The van der Waals surface area contributed by atoms with Crippen LogP contribution in [0.1, 0.15) is 69.5 Å². The number of H-pyrrole nitrogens is 1. The van der Waals surface area contributed by atoms with Crippen LogP contribution in [-0.2, 0) is 6.54 Å². The van der Waals surface area contributed by atoms with Gasteiger partial charge in [-0.2, -0.15) is 4.73 Å². The number of nitrogens with one attached hydrogen (secondary N) is 1. The third kappa shape index (κ3) is 4.35. The molecule has 1 N–H and O–H groups in total. The van der Waals surface area contributed by atoms with Crippen LogP contribution < -0.4 is 16.0 Å². The molecule has 162 valence electrons. The normalized spacial score (nSPS) is 11.2. The third-order valence-corrected chi connectivity index (χ3v) is 5.28. The molecule has 0 fully saturated rings. The van der Waals surface area contributed by atoms with Crippen LogP contribution in [0.25, 0.3) is 0 Å². The van der Waals surface area contributed by atoms with E-state index >= 15 is 0 Å². The van der Waals surface area contributed by atoms with Gasteiger partial charge in [0.2, 0.25) is 5.78 Å². The molecule has 7 heteroatoms. The maximum Gasteiger partial charge on any atom is 0.329 e. The Morgan fingerprint density at radius 3 is 2.06 bits per heavy atom. The summed E-state index contributed by atoms with van der Waals surface area (Å²) >= 11 is 0. The minimum atomic E-state index is -0.656. The Kier molecular flexibility index (Phi) is 5.97. The number of hydrogen-bond donors (Lipinski definition) is 1. The highest BCUT2D eigenvalue weighted by Gasteiger charge is 2.25. The number of aryl methyl sites for hydroxylation is 4. The fourth-order valence-corrected chi connectivity index (χ4v) is 4.01. The van der Waals surface area contributed by atoms with Crippen molar-refractivity contribution >= 4 is 5.78 Å². The standard InChI is InChI=1S/C24H27N3O4/c1-13(2)20-21(22(28)19-8-14(3)7-15(4)9-19)26(24(30)25-23(20)29)12-18-10-16(5)27(31)17(6)11-18/h7-11,13H,12H2,1-6H3,(H,25,29,30). The molecule has 7 nitrogen and oxygen atoms in total. The molecular weight excluding hydrogens is 394 g/mol. The Labute approximate surface area is 180 Å². The van der Waals surface area contributed by atoms with Crippen LogP contribution in [0.5, 0.6) is 0 Å². The Balaban J connectivity index is 2.29. The van der Waals surface area contributed by atoms with Crippen LogP contribution in [0.2, 0.25) is 0 Å². The fraction of sp³-hybridized carbons (Fsp3) is 0.333. The Morgan fingerprint density at radius 2 is 1.55 bits per heavy atom. The zero-order chi connectivity index (χ0) is 23.0. The first-order chi connectivity index (χ1) is 14.5. The van der Waals surface area contributed by atoms with Crippen LogP contribution in [0.3, 0.4) is 0 Å². The lowest BCUT2D eigenvalue weighted by Crippen LogP contribution is -2.39. The summed E-state index contributed by atoms with van der Waals surface area (Å²) in [7, 11) is 0. The summed E-state index contributed by atoms with van der Waals surface area (Å²) in [5, 5.41) is 12.0. The van der Waals surface area contributed by atoms with Gasteiger partial charge in [0.15, 0.2) is 11.4 Å². The lowest BCUT2D eigenvalue weighted by atomic mass is 9.95. The minimum Gasteiger partial charge on any atom is -0.618 e. The van der Waals surface area contributed by atoms with E-state index in [0.717, 1.165) is 15.9 Å². The summed E-state index contributed by atoms with van der Waals surface area (Å²) in [6.07, 6.45) is 0. The summed E-state index contributed by atoms with van der Waals surface area (Å²) in [6.45, 7) is 10.8. The largest absolute Gasteiger partial charge is 0.618 e. The SMILES string of the molecule is Cc1cc(C)cc(C(=O)c2c(C(C)C)c(=O)[nH]c(=O)n2Cc2cc(C)[n+]([O-])c(C)c2)c1. The van der Waals surface area contributed by atoms with E-state index in [1.165, 1.54) is 4.57 Å². The average Bonchev–Trinajstić information content (AvgIpc) is 2.66. The summed E-state index contributed by atoms with van der Waals surface area (Å²) in [5.74, 6) is -0.648. The summed E-state index contributed by atoms with van der Waals surface area (Å²) in [6, 6.07) is 8.83. The average molecular weight is 421 g/mol. The molecule has 0 spiro atoms. The molecular formula is C24H27N3O4. The first-order valence-corrected chi connectivity index (χ1v) is 10.2. The second-order valence-electron chi connectivity index (χ2n) is 8.41. The van der Waals surface area contributed by atoms with Crippen molar-refractivity contribution in [3.8, 4) is 0 Å². The molecule has 0 amide bonds. The molecule has 0 saturated carbocycles. The molecule has 2 aromatic heterocycles. The lowest BCUT2D eigenvalue weighted by molar-refractivity contribution is -0.619. The number of carbonyl (C=O) groups excluding carboxylic acids is 1. The first-order valence-electron chi connectivity index (χ1n) is 10.2. The van der Waals surface area contributed by atoms with Crippen LogP contribution >= 0.6 is 0 Å². The molecule has 0 aliphatic heterocycles. The van der Waals surface area contributed by atoms with Crippen LogP contribution in [0.4, 0.5) is 0 Å². The number of ketones is 1. The van der Waals surface area contributed by atoms with Gasteiger partial charge in [-0.1, -0.05) is 31.0 Å². The van der Waals surface area contributed by atoms with E-state index in [2.05, 4.69) is 4.98 Å². The van der Waals surface area contributed by atoms with Gasteiger partial charge in [-0.05, 0) is 37.5 Å². The molecule has 0 atom stereocenters. The van der Waals surface area contributed by atoms with Crippen molar-refractivity contribution in [2.45, 2.75) is 54.0 Å². The van der Waals surface area contributed by atoms with Gasteiger partial charge < -0.3 is 5.21 Å². The molecule has 0 aliphatic carbocycles. The van der Waals surface area contributed by atoms with Gasteiger partial charge in [-0.15, -0.1) is 0 Å². The Morgan fingerprint density at radius 1 is 1.00 bits per heavy atom. The van der Waals surface area contributed by atoms with E-state index in [-0.39, 0.29) is 29.5 Å². The van der Waals surface area contributed by atoms with Crippen molar-refractivity contribution in [1.82, 2.24) is 9.55 Å². The second kappa shape index (κ2) is 8.34. The zero-order valence-corrected chi connectivity index (χ0v) is 18.7. The van der Waals surface area contributed by atoms with E-state index in [1.807, 2.05) is 33.8 Å². The monoisotopic (exact) mass is 421 g/mol. The van der Waals surface area contributed by atoms with Crippen molar-refractivity contribution in [3.05, 3.63) is 101 Å². The number of benzene rings is 1. The lowest BCUT2D eigenvalue weighted by Gasteiger charge is -2.18. The second-order valence-corrected chi connectivity index (χ2v) is 8.41. The molecule has 0 saturated heterocycles. The van der Waals surface area contributed by atoms with Crippen molar-refractivity contribution in [3.63, 3.8) is 0 Å². The molecule has 0 aliphatic rings. The van der Waals surface area contributed by atoms with Crippen LogP contribution in [0, 0.1) is 32.9 Å². The summed E-state index contributed by atoms with van der Waals surface area (Å²) in [4.78, 5) is 41.5. The Bertz CT molecular complexity index is 1260. The van der Waals surface area contributed by atoms with Gasteiger partial charge in [0, 0.05) is 37.1 Å². The number of hydrogen-bond acceptors (Lipinski definition) is 4. The van der Waals surface area contributed by atoms with E-state index in [1.54, 1.807) is 38.1 Å².